The molecule has 0 bridgehead atoms. The van der Waals surface area contributed by atoms with Crippen molar-refractivity contribution in [3.63, 3.8) is 0 Å². The van der Waals surface area contributed by atoms with Crippen molar-refractivity contribution in [1.29, 1.82) is 0 Å². The van der Waals surface area contributed by atoms with Crippen LogP contribution in [0.2, 0.25) is 5.02 Å². The maximum Gasteiger partial charge on any atom is 0.141 e. The lowest BCUT2D eigenvalue weighted by Crippen LogP contribution is -2.13. The molecule has 0 aliphatic carbocycles. The molecule has 100 valence electrons. The van der Waals surface area contributed by atoms with E-state index >= 15 is 0 Å². The number of halogens is 2. The Hall–Kier alpha value is -1.58. The summed E-state index contributed by atoms with van der Waals surface area (Å²) in [6.07, 6.45) is 0. The number of hydrogen-bond donors (Lipinski definition) is 1. The summed E-state index contributed by atoms with van der Waals surface area (Å²) >= 11 is 5.78. The molecular weight excluding hydrogens is 265 g/mol. The van der Waals surface area contributed by atoms with Crippen LogP contribution in [0.25, 0.3) is 0 Å². The molecule has 0 radical (unpaired) electrons. The average Bonchev–Trinajstić information content (AvgIpc) is 2.41. The molecule has 2 aromatic rings. The van der Waals surface area contributed by atoms with Gasteiger partial charge in [0, 0.05) is 0 Å². The van der Waals surface area contributed by atoms with Crippen LogP contribution < -0.4 is 10.5 Å². The molecule has 0 fully saturated rings. The van der Waals surface area contributed by atoms with Crippen LogP contribution >= 0.6 is 11.6 Å². The minimum atomic E-state index is -0.441. The van der Waals surface area contributed by atoms with Crippen molar-refractivity contribution in [3.8, 4) is 5.75 Å². The SMILES string of the molecule is COc1ccc(C(N)c2ccc(F)c(Cl)c2)c(C)c1. The molecule has 2 rings (SSSR count). The summed E-state index contributed by atoms with van der Waals surface area (Å²) in [5, 5.41) is 0.0825. The van der Waals surface area contributed by atoms with Crippen LogP contribution in [0, 0.1) is 12.7 Å². The molecule has 0 saturated heterocycles. The summed E-state index contributed by atoms with van der Waals surface area (Å²) < 4.78 is 18.3. The summed E-state index contributed by atoms with van der Waals surface area (Å²) in [5.41, 5.74) is 8.97. The van der Waals surface area contributed by atoms with E-state index < -0.39 is 5.82 Å². The fourth-order valence-electron chi connectivity index (χ4n) is 2.01. The van der Waals surface area contributed by atoms with Gasteiger partial charge in [-0.1, -0.05) is 23.7 Å². The Kier molecular flexibility index (Phi) is 4.08. The molecule has 4 heteroatoms. The quantitative estimate of drug-likeness (QED) is 0.926. The normalized spacial score (nSPS) is 12.3. The number of benzene rings is 2. The van der Waals surface area contributed by atoms with E-state index in [-0.39, 0.29) is 11.1 Å². The van der Waals surface area contributed by atoms with Gasteiger partial charge in [-0.2, -0.15) is 0 Å². The molecule has 0 spiro atoms. The first kappa shape index (κ1) is 13.8. The van der Waals surface area contributed by atoms with Crippen molar-refractivity contribution in [2.45, 2.75) is 13.0 Å². The van der Waals surface area contributed by atoms with Gasteiger partial charge in [0.15, 0.2) is 0 Å². The molecule has 2 N–H and O–H groups in total. The maximum absolute atomic E-state index is 13.2. The molecule has 0 aliphatic heterocycles. The number of ether oxygens (including phenoxy) is 1. The first-order chi connectivity index (χ1) is 9.02. The summed E-state index contributed by atoms with van der Waals surface area (Å²) in [4.78, 5) is 0. The van der Waals surface area contributed by atoms with Crippen LogP contribution in [0.3, 0.4) is 0 Å². The highest BCUT2D eigenvalue weighted by molar-refractivity contribution is 6.30. The first-order valence-electron chi connectivity index (χ1n) is 5.88. The van der Waals surface area contributed by atoms with E-state index in [4.69, 9.17) is 22.1 Å². The predicted octanol–water partition coefficient (Wildman–Crippen LogP) is 3.84. The summed E-state index contributed by atoms with van der Waals surface area (Å²) in [7, 11) is 1.62. The number of aryl methyl sites for hydroxylation is 1. The van der Waals surface area contributed by atoms with Crippen molar-refractivity contribution >= 4 is 11.6 Å². The lowest BCUT2D eigenvalue weighted by Gasteiger charge is -2.16. The lowest BCUT2D eigenvalue weighted by molar-refractivity contribution is 0.414. The molecule has 0 aliphatic rings. The van der Waals surface area contributed by atoms with Crippen LogP contribution in [0.15, 0.2) is 36.4 Å². The second-order valence-electron chi connectivity index (χ2n) is 4.37. The first-order valence-corrected chi connectivity index (χ1v) is 6.26. The topological polar surface area (TPSA) is 35.2 Å². The van der Waals surface area contributed by atoms with Gasteiger partial charge in [-0.25, -0.2) is 4.39 Å². The standard InChI is InChI=1S/C15H15ClFNO/c1-9-7-11(19-2)4-5-12(9)15(18)10-3-6-14(17)13(16)8-10/h3-8,15H,18H2,1-2H3. The van der Waals surface area contributed by atoms with E-state index in [1.54, 1.807) is 19.2 Å². The fourth-order valence-corrected chi connectivity index (χ4v) is 2.20. The Balaban J connectivity index is 2.38. The second kappa shape index (κ2) is 5.59. The van der Waals surface area contributed by atoms with Crippen molar-refractivity contribution in [2.24, 2.45) is 5.73 Å². The fraction of sp³-hybridized carbons (Fsp3) is 0.200. The summed E-state index contributed by atoms with van der Waals surface area (Å²) in [5.74, 6) is 0.342. The van der Waals surface area contributed by atoms with Crippen LogP contribution in [0.5, 0.6) is 5.75 Å². The second-order valence-corrected chi connectivity index (χ2v) is 4.78. The van der Waals surface area contributed by atoms with E-state index in [1.165, 1.54) is 6.07 Å². The Bertz CT molecular complexity index is 601. The molecule has 19 heavy (non-hydrogen) atoms. The van der Waals surface area contributed by atoms with Gasteiger partial charge in [-0.15, -0.1) is 0 Å². The summed E-state index contributed by atoms with van der Waals surface area (Å²) in [6.45, 7) is 1.96. The number of hydrogen-bond acceptors (Lipinski definition) is 2. The lowest BCUT2D eigenvalue weighted by atomic mass is 9.95. The van der Waals surface area contributed by atoms with E-state index in [9.17, 15) is 4.39 Å². The number of nitrogens with two attached hydrogens (primary N) is 1. The summed E-state index contributed by atoms with van der Waals surface area (Å²) in [6, 6.07) is 9.88. The van der Waals surface area contributed by atoms with Gasteiger partial charge in [0.2, 0.25) is 0 Å². The third kappa shape index (κ3) is 2.88. The Morgan fingerprint density at radius 1 is 1.21 bits per heavy atom. The third-order valence-corrected chi connectivity index (χ3v) is 3.40. The molecule has 2 nitrogen and oxygen atoms in total. The van der Waals surface area contributed by atoms with E-state index in [0.29, 0.717) is 0 Å². The van der Waals surface area contributed by atoms with E-state index in [2.05, 4.69) is 0 Å². The monoisotopic (exact) mass is 279 g/mol. The molecule has 0 heterocycles. The van der Waals surface area contributed by atoms with Crippen LogP contribution in [-0.2, 0) is 0 Å². The van der Waals surface area contributed by atoms with Crippen molar-refractivity contribution in [2.75, 3.05) is 7.11 Å². The van der Waals surface area contributed by atoms with Gasteiger partial charge in [0.05, 0.1) is 18.2 Å². The van der Waals surface area contributed by atoms with E-state index in [1.807, 2.05) is 25.1 Å². The third-order valence-electron chi connectivity index (χ3n) is 3.11. The molecule has 0 saturated carbocycles. The van der Waals surface area contributed by atoms with Gasteiger partial charge >= 0.3 is 0 Å². The molecule has 1 unspecified atom stereocenters. The zero-order valence-corrected chi connectivity index (χ0v) is 11.5. The van der Waals surface area contributed by atoms with Gasteiger partial charge in [-0.3, -0.25) is 0 Å². The van der Waals surface area contributed by atoms with Crippen molar-refractivity contribution in [3.05, 3.63) is 63.9 Å². The molecule has 1 atom stereocenters. The minimum absolute atomic E-state index is 0.0825. The van der Waals surface area contributed by atoms with Gasteiger partial charge < -0.3 is 10.5 Å². The Morgan fingerprint density at radius 3 is 2.53 bits per heavy atom. The van der Waals surface area contributed by atoms with Crippen molar-refractivity contribution in [1.82, 2.24) is 0 Å². The zero-order valence-electron chi connectivity index (χ0n) is 10.8. The predicted molar refractivity (Wildman–Crippen MR) is 75.2 cm³/mol. The van der Waals surface area contributed by atoms with Crippen LogP contribution in [0.4, 0.5) is 4.39 Å². The Morgan fingerprint density at radius 2 is 1.95 bits per heavy atom. The van der Waals surface area contributed by atoms with Crippen molar-refractivity contribution < 1.29 is 9.13 Å². The molecule has 0 amide bonds. The van der Waals surface area contributed by atoms with Gasteiger partial charge in [0.1, 0.15) is 11.6 Å². The highest BCUT2D eigenvalue weighted by atomic mass is 35.5. The van der Waals surface area contributed by atoms with Crippen LogP contribution in [0.1, 0.15) is 22.7 Å². The zero-order chi connectivity index (χ0) is 14.0. The van der Waals surface area contributed by atoms with Gasteiger partial charge in [0.25, 0.3) is 0 Å². The van der Waals surface area contributed by atoms with Crippen LogP contribution in [-0.4, -0.2) is 7.11 Å². The molecular formula is C15H15ClFNO. The Labute approximate surface area is 117 Å². The molecule has 2 aromatic carbocycles. The molecule has 0 aromatic heterocycles. The smallest absolute Gasteiger partial charge is 0.141 e. The average molecular weight is 280 g/mol. The largest absolute Gasteiger partial charge is 0.497 e. The van der Waals surface area contributed by atoms with Gasteiger partial charge in [-0.05, 0) is 47.9 Å². The highest BCUT2D eigenvalue weighted by Gasteiger charge is 2.13. The highest BCUT2D eigenvalue weighted by Crippen LogP contribution is 2.28. The van der Waals surface area contributed by atoms with E-state index in [0.717, 1.165) is 22.4 Å². The number of methoxy groups -OCH3 is 1. The maximum atomic E-state index is 13.2. The minimum Gasteiger partial charge on any atom is -0.497 e. The number of rotatable bonds is 3.